The molecule has 0 N–H and O–H groups in total. The lowest BCUT2D eigenvalue weighted by atomic mass is 9.96. The second-order valence-corrected chi connectivity index (χ2v) is 5.12. The molecule has 0 aromatic carbocycles. The molecule has 0 aliphatic carbocycles. The van der Waals surface area contributed by atoms with E-state index < -0.39 is 0 Å². The van der Waals surface area contributed by atoms with Crippen molar-refractivity contribution in [3.8, 4) is 0 Å². The van der Waals surface area contributed by atoms with E-state index in [0.717, 1.165) is 28.7 Å². The van der Waals surface area contributed by atoms with Crippen molar-refractivity contribution in [3.05, 3.63) is 18.3 Å². The summed E-state index contributed by atoms with van der Waals surface area (Å²) in [6.45, 7) is 11.0. The van der Waals surface area contributed by atoms with Crippen LogP contribution in [0.1, 0.15) is 39.8 Å². The molecule has 0 aliphatic heterocycles. The Balaban J connectivity index is 0.000000203. The van der Waals surface area contributed by atoms with E-state index in [-0.39, 0.29) is 0 Å². The highest BCUT2D eigenvalue weighted by Crippen LogP contribution is 2.12. The van der Waals surface area contributed by atoms with E-state index in [0.29, 0.717) is 0 Å². The summed E-state index contributed by atoms with van der Waals surface area (Å²) in [5.41, 5.74) is 2.70. The van der Waals surface area contributed by atoms with Crippen molar-refractivity contribution in [1.29, 1.82) is 0 Å². The van der Waals surface area contributed by atoms with Gasteiger partial charge in [-0.1, -0.05) is 34.1 Å². The summed E-state index contributed by atoms with van der Waals surface area (Å²) in [7, 11) is 1.92. The quantitative estimate of drug-likeness (QED) is 0.818. The van der Waals surface area contributed by atoms with Gasteiger partial charge in [-0.05, 0) is 18.8 Å². The summed E-state index contributed by atoms with van der Waals surface area (Å²) in [4.78, 5) is 12.3. The number of imidazole rings is 1. The number of aromatic nitrogens is 4. The second kappa shape index (κ2) is 6.47. The lowest BCUT2D eigenvalue weighted by molar-refractivity contribution is 0.407. The summed E-state index contributed by atoms with van der Waals surface area (Å²) in [6.07, 6.45) is 4.61. The Labute approximate surface area is 109 Å². The predicted octanol–water partition coefficient (Wildman–Crippen LogP) is 3.36. The predicted molar refractivity (Wildman–Crippen MR) is 75.3 cm³/mol. The van der Waals surface area contributed by atoms with Gasteiger partial charge < -0.3 is 4.57 Å². The molecule has 4 nitrogen and oxygen atoms in total. The van der Waals surface area contributed by atoms with Crippen molar-refractivity contribution in [3.63, 3.8) is 0 Å². The van der Waals surface area contributed by atoms with Gasteiger partial charge in [0.15, 0.2) is 5.65 Å². The Kier molecular flexibility index (Phi) is 5.25. The first kappa shape index (κ1) is 14.6. The lowest BCUT2D eigenvalue weighted by Crippen LogP contribution is -2.00. The zero-order valence-electron chi connectivity index (χ0n) is 12.3. The van der Waals surface area contributed by atoms with E-state index in [1.807, 2.05) is 18.5 Å². The number of nitrogens with zero attached hydrogens (tertiary/aromatic N) is 4. The topological polar surface area (TPSA) is 43.6 Å². The molecular formula is C14H24N4. The summed E-state index contributed by atoms with van der Waals surface area (Å²) in [6, 6.07) is 0. The average molecular weight is 248 g/mol. The highest BCUT2D eigenvalue weighted by atomic mass is 15.1. The fourth-order valence-corrected chi connectivity index (χ4v) is 1.53. The van der Waals surface area contributed by atoms with Crippen LogP contribution in [-0.4, -0.2) is 19.5 Å². The van der Waals surface area contributed by atoms with Crippen LogP contribution in [0.2, 0.25) is 0 Å². The molecule has 4 heteroatoms. The molecule has 2 rings (SSSR count). The highest BCUT2D eigenvalue weighted by Gasteiger charge is 2.02. The molecule has 1 atom stereocenters. The number of hydrogen-bond donors (Lipinski definition) is 0. The van der Waals surface area contributed by atoms with Crippen molar-refractivity contribution in [2.45, 2.75) is 41.0 Å². The number of fused-ring (bicyclic) bond motifs is 1. The van der Waals surface area contributed by atoms with Gasteiger partial charge in [-0.3, -0.25) is 0 Å². The third-order valence-electron chi connectivity index (χ3n) is 3.46. The summed E-state index contributed by atoms with van der Waals surface area (Å²) in [5.74, 6) is 1.77. The maximum Gasteiger partial charge on any atom is 0.163 e. The van der Waals surface area contributed by atoms with Crippen LogP contribution in [0, 0.1) is 18.8 Å². The molecule has 2 aromatic rings. The van der Waals surface area contributed by atoms with Gasteiger partial charge in [0.05, 0.1) is 12.0 Å². The molecule has 0 spiro atoms. The fourth-order valence-electron chi connectivity index (χ4n) is 1.53. The van der Waals surface area contributed by atoms with Crippen LogP contribution in [0.15, 0.2) is 12.7 Å². The van der Waals surface area contributed by atoms with E-state index in [2.05, 4.69) is 42.6 Å². The van der Waals surface area contributed by atoms with Gasteiger partial charge in [-0.15, -0.1) is 0 Å². The molecule has 0 saturated heterocycles. The molecule has 0 fully saturated rings. The molecule has 2 heterocycles. The van der Waals surface area contributed by atoms with Gasteiger partial charge in [0.2, 0.25) is 0 Å². The monoisotopic (exact) mass is 248 g/mol. The normalized spacial score (nSPS) is 12.4. The van der Waals surface area contributed by atoms with Crippen LogP contribution in [0.5, 0.6) is 0 Å². The maximum atomic E-state index is 4.16. The Bertz CT molecular complexity index is 487. The van der Waals surface area contributed by atoms with Crippen molar-refractivity contribution in [1.82, 2.24) is 19.5 Å². The molecule has 0 amide bonds. The number of hydrogen-bond acceptors (Lipinski definition) is 3. The van der Waals surface area contributed by atoms with E-state index in [9.17, 15) is 0 Å². The maximum absolute atomic E-state index is 4.16. The first-order valence-electron chi connectivity index (χ1n) is 6.56. The molecule has 0 saturated carbocycles. The zero-order chi connectivity index (χ0) is 13.7. The second-order valence-electron chi connectivity index (χ2n) is 5.12. The molecule has 0 radical (unpaired) electrons. The minimum absolute atomic E-state index is 0.866. The van der Waals surface area contributed by atoms with Gasteiger partial charge in [0, 0.05) is 7.05 Å². The van der Waals surface area contributed by atoms with Crippen LogP contribution in [0.25, 0.3) is 11.2 Å². The Hall–Kier alpha value is -1.45. The Morgan fingerprint density at radius 2 is 1.83 bits per heavy atom. The summed E-state index contributed by atoms with van der Waals surface area (Å²) < 4.78 is 1.88. The zero-order valence-corrected chi connectivity index (χ0v) is 12.3. The molecule has 1 unspecified atom stereocenters. The molecule has 18 heavy (non-hydrogen) atoms. The van der Waals surface area contributed by atoms with Crippen LogP contribution in [0.4, 0.5) is 0 Å². The van der Waals surface area contributed by atoms with Gasteiger partial charge in [0.1, 0.15) is 11.8 Å². The minimum atomic E-state index is 0.866. The molecule has 0 bridgehead atoms. The largest absolute Gasteiger partial charge is 0.318 e. The lowest BCUT2D eigenvalue weighted by Gasteiger charge is -2.10. The van der Waals surface area contributed by atoms with Gasteiger partial charge >= 0.3 is 0 Å². The van der Waals surface area contributed by atoms with E-state index in [1.54, 1.807) is 12.7 Å². The third-order valence-corrected chi connectivity index (χ3v) is 3.46. The van der Waals surface area contributed by atoms with Crippen molar-refractivity contribution in [2.75, 3.05) is 0 Å². The van der Waals surface area contributed by atoms with E-state index in [4.69, 9.17) is 0 Å². The van der Waals surface area contributed by atoms with Crippen molar-refractivity contribution >= 4 is 11.2 Å². The molecule has 100 valence electrons. The molecule has 0 aliphatic rings. The van der Waals surface area contributed by atoms with Gasteiger partial charge in [-0.2, -0.15) is 0 Å². The van der Waals surface area contributed by atoms with Gasteiger partial charge in [0.25, 0.3) is 0 Å². The third kappa shape index (κ3) is 3.52. The van der Waals surface area contributed by atoms with Crippen LogP contribution >= 0.6 is 0 Å². The highest BCUT2D eigenvalue weighted by molar-refractivity contribution is 5.72. The molecular weight excluding hydrogens is 224 g/mol. The first-order valence-corrected chi connectivity index (χ1v) is 6.56. The number of aryl methyl sites for hydroxylation is 2. The standard InChI is InChI=1S/C7H8N4.C7H16/c1-5-6-7(9-3-8-5)11(2)4-10-6;1-5-7(4)6(2)3/h3-4H,1-2H3;6-7H,5H2,1-4H3. The average Bonchev–Trinajstić information content (AvgIpc) is 2.72. The van der Waals surface area contributed by atoms with Crippen molar-refractivity contribution < 1.29 is 0 Å². The smallest absolute Gasteiger partial charge is 0.163 e. The summed E-state index contributed by atoms with van der Waals surface area (Å²) in [5, 5.41) is 0. The van der Waals surface area contributed by atoms with E-state index in [1.165, 1.54) is 6.42 Å². The van der Waals surface area contributed by atoms with E-state index >= 15 is 0 Å². The minimum Gasteiger partial charge on any atom is -0.318 e. The van der Waals surface area contributed by atoms with Crippen LogP contribution in [-0.2, 0) is 7.05 Å². The van der Waals surface area contributed by atoms with Gasteiger partial charge in [-0.25, -0.2) is 15.0 Å². The van der Waals surface area contributed by atoms with Crippen LogP contribution in [0.3, 0.4) is 0 Å². The summed E-state index contributed by atoms with van der Waals surface area (Å²) >= 11 is 0. The Morgan fingerprint density at radius 3 is 2.28 bits per heavy atom. The number of rotatable bonds is 2. The SMILES string of the molecule is CCC(C)C(C)C.Cc1ncnc2c1ncn2C. The van der Waals surface area contributed by atoms with Crippen molar-refractivity contribution in [2.24, 2.45) is 18.9 Å². The first-order chi connectivity index (χ1) is 8.47. The van der Waals surface area contributed by atoms with Crippen LogP contribution < -0.4 is 0 Å². The Morgan fingerprint density at radius 1 is 1.17 bits per heavy atom. The molecule has 2 aromatic heterocycles. The fraction of sp³-hybridized carbons (Fsp3) is 0.643.